The minimum Gasteiger partial charge on any atom is -0.342 e. The first-order valence-electron chi connectivity index (χ1n) is 7.36. The highest BCUT2D eigenvalue weighted by Crippen LogP contribution is 2.38. The van der Waals surface area contributed by atoms with E-state index in [1.165, 1.54) is 6.42 Å². The molecule has 2 aliphatic rings. The number of rotatable bonds is 2. The van der Waals surface area contributed by atoms with Crippen molar-refractivity contribution < 1.29 is 4.79 Å². The Hall–Kier alpha value is -0.870. The van der Waals surface area contributed by atoms with Crippen LogP contribution in [0.3, 0.4) is 0 Å². The number of carbonyl (C=O) groups is 1. The summed E-state index contributed by atoms with van der Waals surface area (Å²) in [7, 11) is 0. The molecule has 0 radical (unpaired) electrons. The number of carbonyl (C=O) groups excluding carboxylic acids is 1. The van der Waals surface area contributed by atoms with Gasteiger partial charge in [-0.25, -0.2) is 0 Å². The molecule has 3 rings (SSSR count). The Morgan fingerprint density at radius 2 is 2.00 bits per heavy atom. The van der Waals surface area contributed by atoms with Crippen molar-refractivity contribution in [3.05, 3.63) is 34.3 Å². The van der Waals surface area contributed by atoms with E-state index >= 15 is 0 Å². The van der Waals surface area contributed by atoms with Crippen LogP contribution in [0.1, 0.15) is 31.2 Å². The standard InChI is InChI=1S/C16H21BrN2O/c1-10(11-2-5-13(17)6-3-11)16(20)19-8-12-4-7-15(18)14(12)9-19/h2-3,5-6,10,12,14-15H,4,7-9,18H2,1H3. The topological polar surface area (TPSA) is 46.3 Å². The molecule has 20 heavy (non-hydrogen) atoms. The number of hydrogen-bond acceptors (Lipinski definition) is 2. The summed E-state index contributed by atoms with van der Waals surface area (Å²) < 4.78 is 1.04. The molecule has 3 nitrogen and oxygen atoms in total. The van der Waals surface area contributed by atoms with E-state index in [-0.39, 0.29) is 11.8 Å². The summed E-state index contributed by atoms with van der Waals surface area (Å²) in [5.41, 5.74) is 7.23. The van der Waals surface area contributed by atoms with Crippen molar-refractivity contribution in [2.75, 3.05) is 13.1 Å². The molecule has 1 aliphatic carbocycles. The quantitative estimate of drug-likeness (QED) is 0.902. The van der Waals surface area contributed by atoms with Gasteiger partial charge in [-0.2, -0.15) is 0 Å². The summed E-state index contributed by atoms with van der Waals surface area (Å²) in [6.07, 6.45) is 2.31. The number of fused-ring (bicyclic) bond motifs is 1. The normalized spacial score (nSPS) is 30.4. The van der Waals surface area contributed by atoms with Crippen LogP contribution in [0.15, 0.2) is 28.7 Å². The lowest BCUT2D eigenvalue weighted by Crippen LogP contribution is -2.35. The third-order valence-electron chi connectivity index (χ3n) is 4.96. The van der Waals surface area contributed by atoms with Crippen molar-refractivity contribution in [1.29, 1.82) is 0 Å². The molecule has 4 atom stereocenters. The number of nitrogens with zero attached hydrogens (tertiary/aromatic N) is 1. The molecule has 1 aromatic carbocycles. The van der Waals surface area contributed by atoms with Crippen LogP contribution in [-0.2, 0) is 4.79 Å². The van der Waals surface area contributed by atoms with Crippen LogP contribution >= 0.6 is 15.9 Å². The molecule has 108 valence electrons. The van der Waals surface area contributed by atoms with Gasteiger partial charge in [0.1, 0.15) is 0 Å². The van der Waals surface area contributed by atoms with Gasteiger partial charge in [0.05, 0.1) is 5.92 Å². The largest absolute Gasteiger partial charge is 0.342 e. The van der Waals surface area contributed by atoms with Crippen LogP contribution in [0.5, 0.6) is 0 Å². The second-order valence-electron chi connectivity index (χ2n) is 6.18. The van der Waals surface area contributed by atoms with Crippen molar-refractivity contribution in [2.24, 2.45) is 17.6 Å². The number of likely N-dealkylation sites (tertiary alicyclic amines) is 1. The number of hydrogen-bond donors (Lipinski definition) is 1. The maximum Gasteiger partial charge on any atom is 0.229 e. The summed E-state index contributed by atoms with van der Waals surface area (Å²) in [5, 5.41) is 0. The zero-order valence-electron chi connectivity index (χ0n) is 11.8. The van der Waals surface area contributed by atoms with E-state index in [2.05, 4.69) is 15.9 Å². The molecule has 0 spiro atoms. The van der Waals surface area contributed by atoms with Gasteiger partial charge in [0.15, 0.2) is 0 Å². The van der Waals surface area contributed by atoms with E-state index < -0.39 is 0 Å². The van der Waals surface area contributed by atoms with Crippen LogP contribution in [0.25, 0.3) is 0 Å². The fourth-order valence-corrected chi connectivity index (χ4v) is 3.92. The van der Waals surface area contributed by atoms with Gasteiger partial charge in [0, 0.05) is 23.6 Å². The molecular weight excluding hydrogens is 316 g/mol. The van der Waals surface area contributed by atoms with Gasteiger partial charge in [-0.1, -0.05) is 28.1 Å². The molecule has 4 unspecified atom stereocenters. The lowest BCUT2D eigenvalue weighted by atomic mass is 9.98. The van der Waals surface area contributed by atoms with Crippen molar-refractivity contribution in [1.82, 2.24) is 4.90 Å². The van der Waals surface area contributed by atoms with E-state index in [0.717, 1.165) is 29.5 Å². The predicted octanol–water partition coefficient (Wildman–Crippen LogP) is 2.75. The summed E-state index contributed by atoms with van der Waals surface area (Å²) >= 11 is 3.43. The fourth-order valence-electron chi connectivity index (χ4n) is 3.66. The first-order chi connectivity index (χ1) is 9.56. The highest BCUT2D eigenvalue weighted by molar-refractivity contribution is 9.10. The molecular formula is C16H21BrN2O. The molecule has 0 bridgehead atoms. The number of nitrogens with two attached hydrogens (primary N) is 1. The van der Waals surface area contributed by atoms with E-state index in [1.54, 1.807) is 0 Å². The second-order valence-corrected chi connectivity index (χ2v) is 7.10. The van der Waals surface area contributed by atoms with Crippen LogP contribution < -0.4 is 5.73 Å². The van der Waals surface area contributed by atoms with Gasteiger partial charge in [0.25, 0.3) is 0 Å². The molecule has 1 saturated carbocycles. The molecule has 1 saturated heterocycles. The molecule has 1 aliphatic heterocycles. The van der Waals surface area contributed by atoms with Crippen molar-refractivity contribution >= 4 is 21.8 Å². The van der Waals surface area contributed by atoms with Crippen LogP contribution in [0, 0.1) is 11.8 Å². The molecule has 1 aromatic rings. The van der Waals surface area contributed by atoms with E-state index in [9.17, 15) is 4.79 Å². The van der Waals surface area contributed by atoms with Gasteiger partial charge >= 0.3 is 0 Å². The monoisotopic (exact) mass is 336 g/mol. The molecule has 1 heterocycles. The van der Waals surface area contributed by atoms with Crippen LogP contribution in [-0.4, -0.2) is 29.9 Å². The number of amides is 1. The third-order valence-corrected chi connectivity index (χ3v) is 5.49. The fraction of sp³-hybridized carbons (Fsp3) is 0.562. The van der Waals surface area contributed by atoms with Crippen LogP contribution in [0.4, 0.5) is 0 Å². The molecule has 0 aromatic heterocycles. The van der Waals surface area contributed by atoms with Crippen molar-refractivity contribution in [3.63, 3.8) is 0 Å². The maximum absolute atomic E-state index is 12.6. The minimum atomic E-state index is -0.0712. The zero-order chi connectivity index (χ0) is 14.3. The Kier molecular flexibility index (Phi) is 3.87. The summed E-state index contributed by atoms with van der Waals surface area (Å²) in [5.74, 6) is 1.33. The lowest BCUT2D eigenvalue weighted by Gasteiger charge is -2.23. The van der Waals surface area contributed by atoms with Crippen molar-refractivity contribution in [2.45, 2.75) is 31.7 Å². The maximum atomic E-state index is 12.6. The first kappa shape index (κ1) is 14.1. The summed E-state index contributed by atoms with van der Waals surface area (Å²) in [6.45, 7) is 3.75. The van der Waals surface area contributed by atoms with Gasteiger partial charge in [-0.3, -0.25) is 4.79 Å². The average Bonchev–Trinajstić information content (AvgIpc) is 3.01. The highest BCUT2D eigenvalue weighted by atomic mass is 79.9. The highest BCUT2D eigenvalue weighted by Gasteiger charge is 2.43. The molecule has 1 amide bonds. The minimum absolute atomic E-state index is 0.0712. The van der Waals surface area contributed by atoms with Crippen molar-refractivity contribution in [3.8, 4) is 0 Å². The van der Waals surface area contributed by atoms with E-state index in [0.29, 0.717) is 17.9 Å². The Morgan fingerprint density at radius 3 is 2.65 bits per heavy atom. The van der Waals surface area contributed by atoms with Gasteiger partial charge < -0.3 is 10.6 Å². The van der Waals surface area contributed by atoms with Gasteiger partial charge in [-0.15, -0.1) is 0 Å². The second kappa shape index (κ2) is 5.49. The molecule has 4 heteroatoms. The Labute approximate surface area is 128 Å². The summed E-state index contributed by atoms with van der Waals surface area (Å²) in [4.78, 5) is 14.7. The van der Waals surface area contributed by atoms with E-state index in [4.69, 9.17) is 5.73 Å². The lowest BCUT2D eigenvalue weighted by molar-refractivity contribution is -0.131. The molecule has 2 N–H and O–H groups in total. The Morgan fingerprint density at radius 1 is 1.30 bits per heavy atom. The van der Waals surface area contributed by atoms with Crippen LogP contribution in [0.2, 0.25) is 0 Å². The smallest absolute Gasteiger partial charge is 0.229 e. The zero-order valence-corrected chi connectivity index (χ0v) is 13.3. The number of benzene rings is 1. The summed E-state index contributed by atoms with van der Waals surface area (Å²) in [6, 6.07) is 8.33. The first-order valence-corrected chi connectivity index (χ1v) is 8.15. The molecule has 2 fully saturated rings. The average molecular weight is 337 g/mol. The Bertz CT molecular complexity index is 502. The van der Waals surface area contributed by atoms with Gasteiger partial charge in [-0.05, 0) is 49.3 Å². The van der Waals surface area contributed by atoms with E-state index in [1.807, 2.05) is 36.1 Å². The third kappa shape index (κ3) is 2.51. The predicted molar refractivity (Wildman–Crippen MR) is 83.3 cm³/mol. The SMILES string of the molecule is CC(C(=O)N1CC2CCC(N)C2C1)c1ccc(Br)cc1. The number of halogens is 1. The Balaban J connectivity index is 1.69. The van der Waals surface area contributed by atoms with Gasteiger partial charge in [0.2, 0.25) is 5.91 Å².